The SMILES string of the molecule is Fc1cccc2c1CCC2Nc1cccc(C(F)(F)F)c1. The highest BCUT2D eigenvalue weighted by Crippen LogP contribution is 2.36. The van der Waals surface area contributed by atoms with E-state index in [1.54, 1.807) is 12.1 Å². The summed E-state index contributed by atoms with van der Waals surface area (Å²) in [4.78, 5) is 0. The van der Waals surface area contributed by atoms with Crippen molar-refractivity contribution >= 4 is 5.69 Å². The number of hydrogen-bond donors (Lipinski definition) is 1. The summed E-state index contributed by atoms with van der Waals surface area (Å²) in [6, 6.07) is 9.77. The molecule has 5 heteroatoms. The van der Waals surface area contributed by atoms with Crippen LogP contribution in [0.4, 0.5) is 23.2 Å². The van der Waals surface area contributed by atoms with Crippen molar-refractivity contribution in [2.24, 2.45) is 0 Å². The molecule has 3 rings (SSSR count). The summed E-state index contributed by atoms with van der Waals surface area (Å²) in [5.41, 5.74) is 1.19. The Bertz CT molecular complexity index is 664. The van der Waals surface area contributed by atoms with Crippen LogP contribution in [-0.2, 0) is 12.6 Å². The van der Waals surface area contributed by atoms with Gasteiger partial charge in [0, 0.05) is 5.69 Å². The Morgan fingerprint density at radius 2 is 1.81 bits per heavy atom. The van der Waals surface area contributed by atoms with Crippen LogP contribution < -0.4 is 5.32 Å². The molecule has 2 aromatic carbocycles. The van der Waals surface area contributed by atoms with E-state index in [2.05, 4.69) is 5.32 Å². The molecule has 0 fully saturated rings. The van der Waals surface area contributed by atoms with Gasteiger partial charge in [-0.1, -0.05) is 18.2 Å². The first-order chi connectivity index (χ1) is 9.95. The quantitative estimate of drug-likeness (QED) is 0.773. The van der Waals surface area contributed by atoms with E-state index in [4.69, 9.17) is 0 Å². The predicted octanol–water partition coefficient (Wildman–Crippen LogP) is 4.94. The molecule has 0 radical (unpaired) electrons. The van der Waals surface area contributed by atoms with Gasteiger partial charge in [0.1, 0.15) is 5.82 Å². The lowest BCUT2D eigenvalue weighted by Crippen LogP contribution is -2.09. The Morgan fingerprint density at radius 1 is 1.05 bits per heavy atom. The summed E-state index contributed by atoms with van der Waals surface area (Å²) < 4.78 is 51.7. The van der Waals surface area contributed by atoms with Crippen LogP contribution in [0.3, 0.4) is 0 Å². The van der Waals surface area contributed by atoms with Gasteiger partial charge in [-0.25, -0.2) is 4.39 Å². The van der Waals surface area contributed by atoms with E-state index in [0.29, 0.717) is 24.1 Å². The van der Waals surface area contributed by atoms with Gasteiger partial charge in [-0.3, -0.25) is 0 Å². The highest BCUT2D eigenvalue weighted by molar-refractivity contribution is 5.50. The van der Waals surface area contributed by atoms with Crippen molar-refractivity contribution in [3.63, 3.8) is 0 Å². The minimum atomic E-state index is -4.36. The minimum absolute atomic E-state index is 0.154. The van der Waals surface area contributed by atoms with Crippen molar-refractivity contribution in [3.05, 3.63) is 65.0 Å². The molecular formula is C16H13F4N. The molecule has 0 bridgehead atoms. The Balaban J connectivity index is 1.85. The molecule has 21 heavy (non-hydrogen) atoms. The third-order valence-corrected chi connectivity index (χ3v) is 3.74. The Hall–Kier alpha value is -2.04. The smallest absolute Gasteiger partial charge is 0.378 e. The zero-order chi connectivity index (χ0) is 15.0. The van der Waals surface area contributed by atoms with Crippen molar-refractivity contribution in [2.75, 3.05) is 5.32 Å². The van der Waals surface area contributed by atoms with Crippen LogP contribution >= 0.6 is 0 Å². The fraction of sp³-hybridized carbons (Fsp3) is 0.250. The Morgan fingerprint density at radius 3 is 2.57 bits per heavy atom. The van der Waals surface area contributed by atoms with Crippen LogP contribution in [0.5, 0.6) is 0 Å². The first kappa shape index (κ1) is 13.9. The van der Waals surface area contributed by atoms with E-state index in [1.165, 1.54) is 12.1 Å². The lowest BCUT2D eigenvalue weighted by atomic mass is 10.1. The van der Waals surface area contributed by atoms with Crippen LogP contribution in [0.1, 0.15) is 29.2 Å². The lowest BCUT2D eigenvalue weighted by molar-refractivity contribution is -0.137. The minimum Gasteiger partial charge on any atom is -0.378 e. The summed E-state index contributed by atoms with van der Waals surface area (Å²) in [5, 5.41) is 3.07. The average molecular weight is 295 g/mol. The Labute approximate surface area is 119 Å². The van der Waals surface area contributed by atoms with E-state index in [0.717, 1.165) is 17.7 Å². The normalized spacial score (nSPS) is 17.6. The van der Waals surface area contributed by atoms with Crippen LogP contribution in [0.25, 0.3) is 0 Å². The van der Waals surface area contributed by atoms with E-state index in [1.807, 2.05) is 6.07 Å². The summed E-state index contributed by atoms with van der Waals surface area (Å²) in [5.74, 6) is -0.249. The second kappa shape index (κ2) is 5.06. The molecule has 0 aliphatic heterocycles. The number of nitrogens with one attached hydrogen (secondary N) is 1. The highest BCUT2D eigenvalue weighted by atomic mass is 19.4. The van der Waals surface area contributed by atoms with Crippen molar-refractivity contribution in [3.8, 4) is 0 Å². The maximum atomic E-state index is 13.6. The van der Waals surface area contributed by atoms with Gasteiger partial charge in [-0.2, -0.15) is 13.2 Å². The molecule has 110 valence electrons. The molecule has 2 aromatic rings. The van der Waals surface area contributed by atoms with Gasteiger partial charge in [-0.15, -0.1) is 0 Å². The van der Waals surface area contributed by atoms with E-state index in [-0.39, 0.29) is 11.9 Å². The maximum absolute atomic E-state index is 13.6. The standard InChI is InChI=1S/C16H13F4N/c17-14-6-2-5-13-12(14)7-8-15(13)21-11-4-1-3-10(9-11)16(18,19)20/h1-6,9,15,21H,7-8H2. The zero-order valence-electron chi connectivity index (χ0n) is 11.0. The molecule has 1 nitrogen and oxygen atoms in total. The molecule has 0 amide bonds. The first-order valence-corrected chi connectivity index (χ1v) is 6.66. The van der Waals surface area contributed by atoms with E-state index >= 15 is 0 Å². The second-order valence-corrected chi connectivity index (χ2v) is 5.12. The number of hydrogen-bond acceptors (Lipinski definition) is 1. The van der Waals surface area contributed by atoms with E-state index in [9.17, 15) is 17.6 Å². The molecule has 0 spiro atoms. The van der Waals surface area contributed by atoms with Gasteiger partial charge in [0.15, 0.2) is 0 Å². The molecule has 1 aliphatic rings. The van der Waals surface area contributed by atoms with Crippen molar-refractivity contribution in [1.82, 2.24) is 0 Å². The van der Waals surface area contributed by atoms with Crippen LogP contribution in [-0.4, -0.2) is 0 Å². The third kappa shape index (κ3) is 2.73. The van der Waals surface area contributed by atoms with Crippen molar-refractivity contribution < 1.29 is 17.6 Å². The second-order valence-electron chi connectivity index (χ2n) is 5.12. The van der Waals surface area contributed by atoms with Gasteiger partial charge in [0.25, 0.3) is 0 Å². The number of fused-ring (bicyclic) bond motifs is 1. The number of alkyl halides is 3. The first-order valence-electron chi connectivity index (χ1n) is 6.66. The molecule has 1 aliphatic carbocycles. The molecular weight excluding hydrogens is 282 g/mol. The number of rotatable bonds is 2. The summed E-state index contributed by atoms with van der Waals surface area (Å²) in [6.45, 7) is 0. The summed E-state index contributed by atoms with van der Waals surface area (Å²) >= 11 is 0. The van der Waals surface area contributed by atoms with E-state index < -0.39 is 11.7 Å². The fourth-order valence-electron chi connectivity index (χ4n) is 2.75. The maximum Gasteiger partial charge on any atom is 0.416 e. The average Bonchev–Trinajstić information content (AvgIpc) is 2.83. The van der Waals surface area contributed by atoms with Crippen LogP contribution in [0.2, 0.25) is 0 Å². The van der Waals surface area contributed by atoms with Gasteiger partial charge in [-0.05, 0) is 48.2 Å². The molecule has 0 saturated carbocycles. The van der Waals surface area contributed by atoms with Gasteiger partial charge in [0.05, 0.1) is 11.6 Å². The lowest BCUT2D eigenvalue weighted by Gasteiger charge is -2.17. The number of halogens is 4. The monoisotopic (exact) mass is 295 g/mol. The third-order valence-electron chi connectivity index (χ3n) is 3.74. The Kier molecular flexibility index (Phi) is 3.35. The summed E-state index contributed by atoms with van der Waals surface area (Å²) in [6.07, 6.45) is -3.09. The largest absolute Gasteiger partial charge is 0.416 e. The molecule has 0 aromatic heterocycles. The van der Waals surface area contributed by atoms with Crippen LogP contribution in [0, 0.1) is 5.82 Å². The molecule has 1 N–H and O–H groups in total. The van der Waals surface area contributed by atoms with Gasteiger partial charge < -0.3 is 5.32 Å². The molecule has 0 saturated heterocycles. The van der Waals surface area contributed by atoms with Crippen molar-refractivity contribution in [2.45, 2.75) is 25.1 Å². The number of benzene rings is 2. The fourth-order valence-corrected chi connectivity index (χ4v) is 2.75. The zero-order valence-corrected chi connectivity index (χ0v) is 11.0. The topological polar surface area (TPSA) is 12.0 Å². The summed E-state index contributed by atoms with van der Waals surface area (Å²) in [7, 11) is 0. The predicted molar refractivity (Wildman–Crippen MR) is 72.5 cm³/mol. The van der Waals surface area contributed by atoms with Crippen LogP contribution in [0.15, 0.2) is 42.5 Å². The molecule has 0 heterocycles. The highest BCUT2D eigenvalue weighted by Gasteiger charge is 2.31. The molecule has 1 atom stereocenters. The van der Waals surface area contributed by atoms with Gasteiger partial charge in [0.2, 0.25) is 0 Å². The number of anilines is 1. The van der Waals surface area contributed by atoms with Crippen molar-refractivity contribution in [1.29, 1.82) is 0 Å². The van der Waals surface area contributed by atoms with Gasteiger partial charge >= 0.3 is 6.18 Å². The molecule has 1 unspecified atom stereocenters.